The number of aromatic carboxylic acids is 1. The first kappa shape index (κ1) is 14.5. The Balaban J connectivity index is 2.28. The molecule has 0 bridgehead atoms. The average Bonchev–Trinajstić information content (AvgIpc) is 2.75. The molecule has 1 aromatic heterocycles. The summed E-state index contributed by atoms with van der Waals surface area (Å²) in [7, 11) is 0. The van der Waals surface area contributed by atoms with Gasteiger partial charge >= 0.3 is 5.97 Å². The van der Waals surface area contributed by atoms with Crippen LogP contribution in [0, 0.1) is 24.0 Å². The maximum atomic E-state index is 11.0. The molecule has 0 unspecified atom stereocenters. The maximum absolute atomic E-state index is 11.0. The van der Waals surface area contributed by atoms with Gasteiger partial charge in [-0.2, -0.15) is 0 Å². The van der Waals surface area contributed by atoms with E-state index in [9.17, 15) is 14.9 Å². The average molecular weight is 291 g/mol. The number of hydrogen-bond acceptors (Lipinski definition) is 6. The molecule has 0 aliphatic heterocycles. The van der Waals surface area contributed by atoms with Crippen molar-refractivity contribution in [3.8, 4) is 0 Å². The van der Waals surface area contributed by atoms with Crippen LogP contribution in [0.5, 0.6) is 0 Å². The summed E-state index contributed by atoms with van der Waals surface area (Å²) in [4.78, 5) is 21.3. The Morgan fingerprint density at radius 1 is 1.48 bits per heavy atom. The first-order chi connectivity index (χ1) is 9.90. The molecule has 0 amide bonds. The van der Waals surface area contributed by atoms with Gasteiger partial charge < -0.3 is 14.9 Å². The number of aromatic nitrogens is 1. The molecule has 0 radical (unpaired) electrons. The number of anilines is 1. The van der Waals surface area contributed by atoms with Crippen LogP contribution in [0.4, 0.5) is 11.4 Å². The number of nitro benzene ring substituents is 1. The topological polar surface area (TPSA) is 118 Å². The lowest BCUT2D eigenvalue weighted by Gasteiger charge is -2.07. The van der Waals surface area contributed by atoms with Crippen molar-refractivity contribution in [1.29, 1.82) is 0 Å². The standard InChI is InChI=1S/C13H13N3O5/c1-7-10(8(2)21-15-7)6-14-11-4-3-9(13(17)18)5-12(11)16(19)20/h3-5,14H,6H2,1-2H3,(H,17,18). The normalized spacial score (nSPS) is 10.4. The highest BCUT2D eigenvalue weighted by Gasteiger charge is 2.18. The predicted octanol–water partition coefficient (Wildman–Crippen LogP) is 2.51. The zero-order chi connectivity index (χ0) is 15.6. The highest BCUT2D eigenvalue weighted by molar-refractivity contribution is 5.89. The number of carbonyl (C=O) groups is 1. The SMILES string of the molecule is Cc1noc(C)c1CNc1ccc(C(=O)O)cc1[N+](=O)[O-]. The Bertz CT molecular complexity index is 688. The summed E-state index contributed by atoms with van der Waals surface area (Å²) in [6.07, 6.45) is 0. The van der Waals surface area contributed by atoms with Gasteiger partial charge in [0.2, 0.25) is 0 Å². The van der Waals surface area contributed by atoms with Crippen LogP contribution < -0.4 is 5.32 Å². The fraction of sp³-hybridized carbons (Fsp3) is 0.231. The second-order valence-corrected chi connectivity index (χ2v) is 4.45. The first-order valence-corrected chi connectivity index (χ1v) is 6.07. The van der Waals surface area contributed by atoms with Gasteiger partial charge in [-0.05, 0) is 26.0 Å². The molecule has 110 valence electrons. The second-order valence-electron chi connectivity index (χ2n) is 4.45. The largest absolute Gasteiger partial charge is 0.478 e. The minimum Gasteiger partial charge on any atom is -0.478 e. The smallest absolute Gasteiger partial charge is 0.335 e. The Morgan fingerprint density at radius 3 is 2.71 bits per heavy atom. The first-order valence-electron chi connectivity index (χ1n) is 6.07. The summed E-state index contributed by atoms with van der Waals surface area (Å²) in [5.74, 6) is -0.583. The summed E-state index contributed by atoms with van der Waals surface area (Å²) in [5, 5.41) is 26.6. The van der Waals surface area contributed by atoms with E-state index in [2.05, 4.69) is 10.5 Å². The predicted molar refractivity (Wildman–Crippen MR) is 73.4 cm³/mol. The van der Waals surface area contributed by atoms with E-state index < -0.39 is 10.9 Å². The number of rotatable bonds is 5. The molecular formula is C13H13N3O5. The van der Waals surface area contributed by atoms with Crippen molar-refractivity contribution in [3.05, 3.63) is 50.9 Å². The number of carboxylic acid groups (broad SMARTS) is 1. The Morgan fingerprint density at radius 2 is 2.19 bits per heavy atom. The molecule has 0 atom stereocenters. The van der Waals surface area contributed by atoms with Crippen LogP contribution in [-0.2, 0) is 6.54 Å². The molecule has 0 aliphatic carbocycles. The van der Waals surface area contributed by atoms with Crippen molar-refractivity contribution in [2.75, 3.05) is 5.32 Å². The lowest BCUT2D eigenvalue weighted by atomic mass is 10.1. The van der Waals surface area contributed by atoms with Crippen molar-refractivity contribution in [1.82, 2.24) is 5.16 Å². The molecular weight excluding hydrogens is 278 g/mol. The maximum Gasteiger partial charge on any atom is 0.335 e. The van der Waals surface area contributed by atoms with Gasteiger partial charge in [0.05, 0.1) is 16.2 Å². The van der Waals surface area contributed by atoms with Crippen LogP contribution in [0.15, 0.2) is 22.7 Å². The van der Waals surface area contributed by atoms with Crippen molar-refractivity contribution in [3.63, 3.8) is 0 Å². The Kier molecular flexibility index (Phi) is 3.88. The van der Waals surface area contributed by atoms with Crippen LogP contribution in [0.25, 0.3) is 0 Å². The number of nitro groups is 1. The van der Waals surface area contributed by atoms with Crippen LogP contribution in [-0.4, -0.2) is 21.2 Å². The quantitative estimate of drug-likeness (QED) is 0.641. The third kappa shape index (κ3) is 2.99. The van der Waals surface area contributed by atoms with Crippen LogP contribution in [0.1, 0.15) is 27.4 Å². The monoisotopic (exact) mass is 291 g/mol. The van der Waals surface area contributed by atoms with Gasteiger partial charge in [-0.25, -0.2) is 4.79 Å². The molecule has 0 spiro atoms. The number of nitrogens with zero attached hydrogens (tertiary/aromatic N) is 2. The van der Waals surface area contributed by atoms with E-state index in [1.165, 1.54) is 12.1 Å². The Hall–Kier alpha value is -2.90. The van der Waals surface area contributed by atoms with Gasteiger partial charge in [-0.15, -0.1) is 0 Å². The molecule has 0 aliphatic rings. The van der Waals surface area contributed by atoms with Gasteiger partial charge in [-0.1, -0.05) is 5.16 Å². The minimum atomic E-state index is -1.21. The van der Waals surface area contributed by atoms with Crippen LogP contribution in [0.3, 0.4) is 0 Å². The number of nitrogens with one attached hydrogen (secondary N) is 1. The van der Waals surface area contributed by atoms with E-state index in [-0.39, 0.29) is 16.9 Å². The summed E-state index contributed by atoms with van der Waals surface area (Å²) >= 11 is 0. The molecule has 8 heteroatoms. The van der Waals surface area contributed by atoms with Gasteiger partial charge in [-0.3, -0.25) is 10.1 Å². The Labute approximate surface area is 119 Å². The molecule has 0 saturated carbocycles. The fourth-order valence-corrected chi connectivity index (χ4v) is 1.90. The highest BCUT2D eigenvalue weighted by Crippen LogP contribution is 2.26. The third-order valence-electron chi connectivity index (χ3n) is 3.08. The van der Waals surface area contributed by atoms with E-state index in [1.807, 2.05) is 0 Å². The van der Waals surface area contributed by atoms with Gasteiger partial charge in [0, 0.05) is 18.2 Å². The van der Waals surface area contributed by atoms with Crippen molar-refractivity contribution in [2.45, 2.75) is 20.4 Å². The molecule has 21 heavy (non-hydrogen) atoms. The number of hydrogen-bond donors (Lipinski definition) is 2. The summed E-state index contributed by atoms with van der Waals surface area (Å²) < 4.78 is 5.01. The molecule has 1 aromatic carbocycles. The zero-order valence-corrected chi connectivity index (χ0v) is 11.4. The molecule has 2 rings (SSSR count). The molecule has 2 N–H and O–H groups in total. The van der Waals surface area contributed by atoms with Gasteiger partial charge in [0.1, 0.15) is 11.4 Å². The minimum absolute atomic E-state index is 0.135. The van der Waals surface area contributed by atoms with Crippen molar-refractivity contribution < 1.29 is 19.3 Å². The van der Waals surface area contributed by atoms with E-state index in [4.69, 9.17) is 9.63 Å². The lowest BCUT2D eigenvalue weighted by Crippen LogP contribution is -2.06. The number of carboxylic acids is 1. The van der Waals surface area contributed by atoms with Gasteiger partial charge in [0.25, 0.3) is 5.69 Å². The number of aryl methyl sites for hydroxylation is 2. The lowest BCUT2D eigenvalue weighted by molar-refractivity contribution is -0.384. The number of benzene rings is 1. The van der Waals surface area contributed by atoms with E-state index in [0.717, 1.165) is 11.6 Å². The van der Waals surface area contributed by atoms with Crippen LogP contribution in [0.2, 0.25) is 0 Å². The molecule has 8 nitrogen and oxygen atoms in total. The van der Waals surface area contributed by atoms with Crippen molar-refractivity contribution in [2.24, 2.45) is 0 Å². The van der Waals surface area contributed by atoms with Crippen molar-refractivity contribution >= 4 is 17.3 Å². The highest BCUT2D eigenvalue weighted by atomic mass is 16.6. The summed E-state index contributed by atoms with van der Waals surface area (Å²) in [5.41, 5.74) is 1.33. The molecule has 0 saturated heterocycles. The van der Waals surface area contributed by atoms with E-state index in [1.54, 1.807) is 13.8 Å². The molecule has 1 heterocycles. The van der Waals surface area contributed by atoms with E-state index in [0.29, 0.717) is 18.0 Å². The van der Waals surface area contributed by atoms with Gasteiger partial charge in [0.15, 0.2) is 0 Å². The zero-order valence-electron chi connectivity index (χ0n) is 11.4. The summed E-state index contributed by atoms with van der Waals surface area (Å²) in [6.45, 7) is 3.82. The summed E-state index contributed by atoms with van der Waals surface area (Å²) in [6, 6.07) is 3.71. The fourth-order valence-electron chi connectivity index (χ4n) is 1.90. The van der Waals surface area contributed by atoms with Crippen LogP contribution >= 0.6 is 0 Å². The molecule has 2 aromatic rings. The third-order valence-corrected chi connectivity index (χ3v) is 3.08. The second kappa shape index (κ2) is 5.61. The molecule has 0 fully saturated rings. The van der Waals surface area contributed by atoms with E-state index >= 15 is 0 Å².